The van der Waals surface area contributed by atoms with Crippen LogP contribution in [0.5, 0.6) is 0 Å². The van der Waals surface area contributed by atoms with Crippen LogP contribution in [-0.2, 0) is 9.53 Å². The first kappa shape index (κ1) is 18.1. The van der Waals surface area contributed by atoms with Gasteiger partial charge >= 0.3 is 0 Å². The first-order valence-corrected chi connectivity index (χ1v) is 9.50. The number of methoxy groups -OCH3 is 1. The predicted molar refractivity (Wildman–Crippen MR) is 102 cm³/mol. The maximum Gasteiger partial charge on any atom is 0.222 e. The van der Waals surface area contributed by atoms with Crippen LogP contribution in [0, 0.1) is 0 Å². The van der Waals surface area contributed by atoms with Crippen molar-refractivity contribution in [3.63, 3.8) is 0 Å². The van der Waals surface area contributed by atoms with E-state index in [1.807, 2.05) is 4.90 Å². The van der Waals surface area contributed by atoms with Crippen molar-refractivity contribution in [2.45, 2.75) is 24.8 Å². The van der Waals surface area contributed by atoms with E-state index in [1.165, 1.54) is 0 Å². The Hall–Kier alpha value is -2.26. The van der Waals surface area contributed by atoms with Gasteiger partial charge in [0.15, 0.2) is 11.5 Å². The zero-order valence-electron chi connectivity index (χ0n) is 16.0. The van der Waals surface area contributed by atoms with Gasteiger partial charge in [0.25, 0.3) is 0 Å². The van der Waals surface area contributed by atoms with Crippen molar-refractivity contribution in [1.29, 1.82) is 0 Å². The van der Waals surface area contributed by atoms with Gasteiger partial charge in [-0.1, -0.05) is 0 Å². The molecular formula is C18H27N7O2. The highest BCUT2D eigenvalue weighted by molar-refractivity contribution is 5.82. The van der Waals surface area contributed by atoms with Gasteiger partial charge in [0.05, 0.1) is 12.9 Å². The number of ether oxygens (including phenoxy) is 1. The molecule has 9 heteroatoms. The molecule has 2 aromatic heterocycles. The molecular weight excluding hydrogens is 346 g/mol. The molecule has 2 saturated heterocycles. The van der Waals surface area contributed by atoms with E-state index in [2.05, 4.69) is 36.8 Å². The summed E-state index contributed by atoms with van der Waals surface area (Å²) < 4.78 is 5.16. The highest BCUT2D eigenvalue weighted by atomic mass is 16.5. The van der Waals surface area contributed by atoms with E-state index in [4.69, 9.17) is 4.74 Å². The number of aromatic nitrogens is 4. The summed E-state index contributed by atoms with van der Waals surface area (Å²) >= 11 is 0. The molecule has 2 aliphatic heterocycles. The fourth-order valence-corrected chi connectivity index (χ4v) is 4.30. The van der Waals surface area contributed by atoms with Crippen LogP contribution in [0.3, 0.4) is 0 Å². The van der Waals surface area contributed by atoms with E-state index in [0.29, 0.717) is 25.2 Å². The van der Waals surface area contributed by atoms with Crippen LogP contribution < -0.4 is 4.90 Å². The molecule has 2 aliphatic rings. The largest absolute Gasteiger partial charge is 0.383 e. The van der Waals surface area contributed by atoms with E-state index in [9.17, 15) is 4.79 Å². The zero-order valence-corrected chi connectivity index (χ0v) is 16.0. The lowest BCUT2D eigenvalue weighted by Crippen LogP contribution is -2.61. The van der Waals surface area contributed by atoms with Gasteiger partial charge in [0.1, 0.15) is 11.8 Å². The standard InChI is InChI=1S/C18H27N7O2/c1-23-7-8-25(17-15-16(20-12-19-15)21-13-22-17)11-18(23)4-3-14(26)24(6-5-18)9-10-27-2/h12-13H,3-11H2,1-2H3,(H,19,20,21,22)/t18-/m0/s1. The number of nitrogens with zero attached hydrogens (tertiary/aromatic N) is 6. The number of hydrogen-bond acceptors (Lipinski definition) is 7. The molecule has 0 bridgehead atoms. The Balaban J connectivity index is 1.57. The van der Waals surface area contributed by atoms with E-state index in [0.717, 1.165) is 50.4 Å². The van der Waals surface area contributed by atoms with Crippen LogP contribution in [0.2, 0.25) is 0 Å². The molecule has 1 N–H and O–H groups in total. The third-order valence-corrected chi connectivity index (χ3v) is 6.07. The normalized spacial score (nSPS) is 24.7. The lowest BCUT2D eigenvalue weighted by atomic mass is 9.86. The summed E-state index contributed by atoms with van der Waals surface area (Å²) in [6, 6.07) is 0. The number of fused-ring (bicyclic) bond motifs is 1. The molecule has 27 heavy (non-hydrogen) atoms. The first-order chi connectivity index (χ1) is 13.1. The van der Waals surface area contributed by atoms with Crippen molar-refractivity contribution >= 4 is 22.9 Å². The van der Waals surface area contributed by atoms with Crippen molar-refractivity contribution in [1.82, 2.24) is 29.7 Å². The van der Waals surface area contributed by atoms with Gasteiger partial charge in [0.2, 0.25) is 5.91 Å². The number of H-pyrrole nitrogens is 1. The molecule has 0 radical (unpaired) electrons. The molecule has 0 saturated carbocycles. The summed E-state index contributed by atoms with van der Waals surface area (Å²) in [6.07, 6.45) is 5.62. The topological polar surface area (TPSA) is 90.5 Å². The quantitative estimate of drug-likeness (QED) is 0.835. The van der Waals surface area contributed by atoms with Gasteiger partial charge < -0.3 is 19.5 Å². The molecule has 0 aromatic carbocycles. The monoisotopic (exact) mass is 373 g/mol. The lowest BCUT2D eigenvalue weighted by Gasteiger charge is -2.49. The lowest BCUT2D eigenvalue weighted by molar-refractivity contribution is -0.131. The van der Waals surface area contributed by atoms with Crippen LogP contribution in [0.15, 0.2) is 12.7 Å². The first-order valence-electron chi connectivity index (χ1n) is 9.50. The van der Waals surface area contributed by atoms with E-state index in [1.54, 1.807) is 19.8 Å². The van der Waals surface area contributed by atoms with Gasteiger partial charge in [0, 0.05) is 51.8 Å². The van der Waals surface area contributed by atoms with Crippen LogP contribution in [0.4, 0.5) is 5.82 Å². The number of hydrogen-bond donors (Lipinski definition) is 1. The number of likely N-dealkylation sites (N-methyl/N-ethyl adjacent to an activating group) is 1. The summed E-state index contributed by atoms with van der Waals surface area (Å²) in [5.41, 5.74) is 1.53. The van der Waals surface area contributed by atoms with Crippen molar-refractivity contribution in [2.24, 2.45) is 0 Å². The number of imidazole rings is 1. The maximum atomic E-state index is 12.5. The van der Waals surface area contributed by atoms with E-state index in [-0.39, 0.29) is 11.4 Å². The molecule has 146 valence electrons. The molecule has 2 aromatic rings. The average molecular weight is 373 g/mol. The van der Waals surface area contributed by atoms with Gasteiger partial charge in [-0.15, -0.1) is 0 Å². The van der Waals surface area contributed by atoms with Gasteiger partial charge in [-0.05, 0) is 19.9 Å². The van der Waals surface area contributed by atoms with Crippen molar-refractivity contribution in [3.8, 4) is 0 Å². The third kappa shape index (κ3) is 3.37. The number of carbonyl (C=O) groups excluding carboxylic acids is 1. The van der Waals surface area contributed by atoms with Crippen LogP contribution in [0.25, 0.3) is 11.2 Å². The number of aromatic amines is 1. The Labute approximate surface area is 158 Å². The molecule has 9 nitrogen and oxygen atoms in total. The highest BCUT2D eigenvalue weighted by Gasteiger charge is 2.42. The van der Waals surface area contributed by atoms with E-state index < -0.39 is 0 Å². The molecule has 4 heterocycles. The Bertz CT molecular complexity index is 810. The number of piperazine rings is 1. The summed E-state index contributed by atoms with van der Waals surface area (Å²) in [7, 11) is 3.85. The van der Waals surface area contributed by atoms with Gasteiger partial charge in [-0.25, -0.2) is 15.0 Å². The summed E-state index contributed by atoms with van der Waals surface area (Å²) in [5, 5.41) is 0. The number of likely N-dealkylation sites (tertiary alicyclic amines) is 1. The minimum absolute atomic E-state index is 0.0347. The molecule has 1 amide bonds. The Morgan fingerprint density at radius 2 is 2.11 bits per heavy atom. The summed E-state index contributed by atoms with van der Waals surface area (Å²) in [4.78, 5) is 35.4. The van der Waals surface area contributed by atoms with Crippen molar-refractivity contribution in [3.05, 3.63) is 12.7 Å². The van der Waals surface area contributed by atoms with Crippen LogP contribution in [0.1, 0.15) is 19.3 Å². The molecule has 1 spiro atoms. The number of anilines is 1. The SMILES string of the molecule is COCCN1CC[C@@]2(CCC1=O)CN(c1ncnc3nc[nH]c13)CCN2C. The molecule has 4 rings (SSSR count). The average Bonchev–Trinajstić information content (AvgIpc) is 3.11. The number of amides is 1. The van der Waals surface area contributed by atoms with Crippen molar-refractivity contribution < 1.29 is 9.53 Å². The second kappa shape index (κ2) is 7.40. The van der Waals surface area contributed by atoms with Crippen LogP contribution in [-0.4, -0.2) is 94.7 Å². The highest BCUT2D eigenvalue weighted by Crippen LogP contribution is 2.34. The van der Waals surface area contributed by atoms with Crippen LogP contribution >= 0.6 is 0 Å². The number of rotatable bonds is 4. The third-order valence-electron chi connectivity index (χ3n) is 6.07. The Kier molecular flexibility index (Phi) is 4.96. The minimum atomic E-state index is -0.0347. The smallest absolute Gasteiger partial charge is 0.222 e. The maximum absolute atomic E-state index is 12.5. The second-order valence-corrected chi connectivity index (χ2v) is 7.49. The van der Waals surface area contributed by atoms with Crippen molar-refractivity contribution in [2.75, 3.05) is 58.4 Å². The van der Waals surface area contributed by atoms with Gasteiger partial charge in [-0.3, -0.25) is 9.69 Å². The fourth-order valence-electron chi connectivity index (χ4n) is 4.30. The molecule has 0 aliphatic carbocycles. The molecule has 2 fully saturated rings. The Morgan fingerprint density at radius 1 is 1.22 bits per heavy atom. The van der Waals surface area contributed by atoms with E-state index >= 15 is 0 Å². The molecule has 1 atom stereocenters. The van der Waals surface area contributed by atoms with Gasteiger partial charge in [-0.2, -0.15) is 0 Å². The fraction of sp³-hybridized carbons (Fsp3) is 0.667. The summed E-state index contributed by atoms with van der Waals surface area (Å²) in [6.45, 7) is 4.69. The number of nitrogens with one attached hydrogen (secondary N) is 1. The second-order valence-electron chi connectivity index (χ2n) is 7.49. The summed E-state index contributed by atoms with van der Waals surface area (Å²) in [5.74, 6) is 1.13. The Morgan fingerprint density at radius 3 is 2.96 bits per heavy atom. The number of carbonyl (C=O) groups is 1. The predicted octanol–water partition coefficient (Wildman–Crippen LogP) is 0.502. The zero-order chi connectivity index (χ0) is 18.9. The minimum Gasteiger partial charge on any atom is -0.383 e. The molecule has 0 unspecified atom stereocenters.